The fourth-order valence-electron chi connectivity index (χ4n) is 6.82. The van der Waals surface area contributed by atoms with Gasteiger partial charge in [0.2, 0.25) is 11.8 Å². The van der Waals surface area contributed by atoms with Crippen LogP contribution in [0.3, 0.4) is 0 Å². The van der Waals surface area contributed by atoms with Gasteiger partial charge in [0, 0.05) is 25.0 Å². The summed E-state index contributed by atoms with van der Waals surface area (Å²) in [5.74, 6) is -0.0883. The Morgan fingerprint density at radius 2 is 1.89 bits per heavy atom. The van der Waals surface area contributed by atoms with Crippen LogP contribution in [0.25, 0.3) is 11.0 Å². The van der Waals surface area contributed by atoms with Gasteiger partial charge >= 0.3 is 6.09 Å². The van der Waals surface area contributed by atoms with Crippen molar-refractivity contribution in [1.82, 2.24) is 20.2 Å². The Morgan fingerprint density at radius 3 is 2.56 bits per heavy atom. The molecule has 3 unspecified atom stereocenters. The van der Waals surface area contributed by atoms with Crippen LogP contribution < -0.4 is 14.8 Å². The second kappa shape index (κ2) is 12.8. The molecule has 2 aliphatic heterocycles. The Kier molecular flexibility index (Phi) is 9.45. The second-order valence-electron chi connectivity index (χ2n) is 13.9. The number of benzene rings is 1. The summed E-state index contributed by atoms with van der Waals surface area (Å²) in [6, 6.07) is 3.71. The number of ether oxygens (including phenoxy) is 4. The SMILES string of the molecule is CCC1[C@@H]2CN(C(=O)[C@H](C(C)(C)C)NC(=O)O[C@]3(C)C[C@H]3CCCC(F)C(F)c3nc4ccc(OC)cc4nc3O2)[C@@H]1COC. The highest BCUT2D eigenvalue weighted by Gasteiger charge is 2.54. The summed E-state index contributed by atoms with van der Waals surface area (Å²) in [4.78, 5) is 38.3. The van der Waals surface area contributed by atoms with E-state index in [1.54, 1.807) is 30.2 Å². The summed E-state index contributed by atoms with van der Waals surface area (Å²) in [6.07, 6.45) is -3.07. The van der Waals surface area contributed by atoms with E-state index in [2.05, 4.69) is 15.3 Å². The van der Waals surface area contributed by atoms with Gasteiger partial charge in [-0.3, -0.25) is 4.79 Å². The molecule has 45 heavy (non-hydrogen) atoms. The van der Waals surface area contributed by atoms with Gasteiger partial charge in [-0.05, 0) is 50.2 Å². The zero-order valence-electron chi connectivity index (χ0n) is 27.3. The molecule has 1 aliphatic carbocycles. The van der Waals surface area contributed by atoms with Crippen LogP contribution in [0.2, 0.25) is 0 Å². The number of nitrogens with zero attached hydrogens (tertiary/aromatic N) is 3. The number of amides is 2. The minimum atomic E-state index is -2.08. The van der Waals surface area contributed by atoms with Crippen LogP contribution in [0.4, 0.5) is 13.6 Å². The first kappa shape index (κ1) is 33.1. The van der Waals surface area contributed by atoms with E-state index in [4.69, 9.17) is 18.9 Å². The lowest BCUT2D eigenvalue weighted by atomic mass is 9.85. The molecule has 12 heteroatoms. The van der Waals surface area contributed by atoms with Gasteiger partial charge in [0.25, 0.3) is 0 Å². The van der Waals surface area contributed by atoms with Crippen molar-refractivity contribution in [2.24, 2.45) is 17.3 Å². The highest BCUT2D eigenvalue weighted by Crippen LogP contribution is 2.50. The smallest absolute Gasteiger partial charge is 0.408 e. The number of hydrogen-bond acceptors (Lipinski definition) is 8. The van der Waals surface area contributed by atoms with Crippen molar-refractivity contribution >= 4 is 23.0 Å². The van der Waals surface area contributed by atoms with Gasteiger partial charge in [-0.15, -0.1) is 0 Å². The number of rotatable bonds is 4. The third kappa shape index (κ3) is 6.80. The second-order valence-corrected chi connectivity index (χ2v) is 13.9. The largest absolute Gasteiger partial charge is 0.497 e. The van der Waals surface area contributed by atoms with Crippen LogP contribution in [-0.4, -0.2) is 84.2 Å². The summed E-state index contributed by atoms with van der Waals surface area (Å²) < 4.78 is 54.7. The van der Waals surface area contributed by atoms with E-state index in [0.717, 1.165) is 0 Å². The molecule has 1 saturated heterocycles. The Hall–Kier alpha value is -3.28. The number of nitrogens with one attached hydrogen (secondary N) is 1. The quantitative estimate of drug-likeness (QED) is 0.456. The Balaban J connectivity index is 1.58. The molecule has 1 aromatic carbocycles. The van der Waals surface area contributed by atoms with Gasteiger partial charge in [0.05, 0.1) is 37.3 Å². The summed E-state index contributed by atoms with van der Waals surface area (Å²) in [6.45, 7) is 9.81. The minimum absolute atomic E-state index is 0.0151. The standard InChI is InChI=1S/C33H46F2N4O6/c1-8-20-24(17-42-6)39-16-25(20)44-29-27(36-22-13-12-19(43-7)14-23(22)37-29)26(35)21(34)11-9-10-18-15-33(18,5)45-31(41)38-28(30(39)40)32(2,3)4/h12-14,18,20-21,24-26,28H,8-11,15-17H2,1-7H3,(H,38,41)/t18-,20?,21?,24-,25+,26?,28-,33-/m1/s1. The van der Waals surface area contributed by atoms with E-state index in [0.29, 0.717) is 42.5 Å². The highest BCUT2D eigenvalue weighted by atomic mass is 19.2. The van der Waals surface area contributed by atoms with Gasteiger partial charge in [-0.2, -0.15) is 0 Å². The van der Waals surface area contributed by atoms with Crippen LogP contribution >= 0.6 is 0 Å². The molecule has 0 radical (unpaired) electrons. The number of halogens is 2. The fraction of sp³-hybridized carbons (Fsp3) is 0.697. The van der Waals surface area contributed by atoms with E-state index in [-0.39, 0.29) is 48.9 Å². The van der Waals surface area contributed by atoms with Gasteiger partial charge in [0.1, 0.15) is 35.4 Å². The van der Waals surface area contributed by atoms with E-state index in [1.165, 1.54) is 7.11 Å². The molecule has 248 valence electrons. The van der Waals surface area contributed by atoms with Crippen LogP contribution in [-0.2, 0) is 14.3 Å². The first-order chi connectivity index (χ1) is 21.3. The normalized spacial score (nSPS) is 32.8. The molecule has 2 fully saturated rings. The van der Waals surface area contributed by atoms with Gasteiger partial charge < -0.3 is 29.2 Å². The number of hydrogen-bond donors (Lipinski definition) is 1. The van der Waals surface area contributed by atoms with Gasteiger partial charge in [-0.1, -0.05) is 34.1 Å². The molecule has 1 saturated carbocycles. The van der Waals surface area contributed by atoms with Gasteiger partial charge in [-0.25, -0.2) is 23.5 Å². The fourth-order valence-corrected chi connectivity index (χ4v) is 6.82. The third-order valence-electron chi connectivity index (χ3n) is 9.64. The van der Waals surface area contributed by atoms with Crippen LogP contribution in [0.15, 0.2) is 18.2 Å². The lowest BCUT2D eigenvalue weighted by Crippen LogP contribution is -2.57. The molecule has 2 amide bonds. The van der Waals surface area contributed by atoms with Crippen molar-refractivity contribution in [1.29, 1.82) is 0 Å². The lowest BCUT2D eigenvalue weighted by molar-refractivity contribution is -0.138. The molecular formula is C33H46F2N4O6. The van der Waals surface area contributed by atoms with Crippen LogP contribution in [0, 0.1) is 17.3 Å². The maximum atomic E-state index is 16.0. The molecule has 5 rings (SSSR count). The van der Waals surface area contributed by atoms with Crippen LogP contribution in [0.5, 0.6) is 11.6 Å². The molecule has 0 spiro atoms. The molecule has 8 atom stereocenters. The average Bonchev–Trinajstić information content (AvgIpc) is 3.49. The molecular weight excluding hydrogens is 586 g/mol. The van der Waals surface area contributed by atoms with Crippen molar-refractivity contribution in [2.45, 2.75) is 103 Å². The monoisotopic (exact) mass is 632 g/mol. The number of methoxy groups -OCH3 is 2. The molecule has 1 N–H and O–H groups in total. The molecule has 2 bridgehead atoms. The molecule has 3 heterocycles. The van der Waals surface area contributed by atoms with E-state index in [1.807, 2.05) is 34.6 Å². The van der Waals surface area contributed by atoms with Crippen molar-refractivity contribution in [3.63, 3.8) is 0 Å². The predicted octanol–water partition coefficient (Wildman–Crippen LogP) is 5.72. The molecule has 10 nitrogen and oxygen atoms in total. The number of fused-ring (bicyclic) bond motifs is 5. The zero-order valence-corrected chi connectivity index (χ0v) is 27.3. The number of alkyl carbamates (subject to hydrolysis) is 1. The zero-order chi connectivity index (χ0) is 32.7. The Bertz CT molecular complexity index is 1410. The molecule has 2 aromatic rings. The average molecular weight is 633 g/mol. The van der Waals surface area contributed by atoms with E-state index in [9.17, 15) is 9.59 Å². The first-order valence-electron chi connectivity index (χ1n) is 15.9. The Labute approximate surface area is 263 Å². The summed E-state index contributed by atoms with van der Waals surface area (Å²) >= 11 is 0. The van der Waals surface area contributed by atoms with E-state index < -0.39 is 47.6 Å². The topological polar surface area (TPSA) is 112 Å². The lowest BCUT2D eigenvalue weighted by Gasteiger charge is -2.36. The first-order valence-corrected chi connectivity index (χ1v) is 15.9. The minimum Gasteiger partial charge on any atom is -0.497 e. The number of alkyl halides is 2. The molecule has 3 aliphatic rings. The van der Waals surface area contributed by atoms with Gasteiger partial charge in [0.15, 0.2) is 6.17 Å². The van der Waals surface area contributed by atoms with E-state index >= 15 is 8.78 Å². The van der Waals surface area contributed by atoms with Crippen molar-refractivity contribution < 1.29 is 37.3 Å². The number of carbonyl (C=O) groups is 2. The number of carbonyl (C=O) groups excluding carboxylic acids is 2. The summed E-state index contributed by atoms with van der Waals surface area (Å²) in [5.41, 5.74) is -0.778. The van der Waals surface area contributed by atoms with Crippen molar-refractivity contribution in [2.75, 3.05) is 27.4 Å². The van der Waals surface area contributed by atoms with Crippen LogP contribution in [0.1, 0.15) is 78.6 Å². The predicted molar refractivity (Wildman–Crippen MR) is 164 cm³/mol. The van der Waals surface area contributed by atoms with Crippen molar-refractivity contribution in [3.05, 3.63) is 23.9 Å². The summed E-state index contributed by atoms with van der Waals surface area (Å²) in [5, 5.41) is 2.85. The number of aromatic nitrogens is 2. The summed E-state index contributed by atoms with van der Waals surface area (Å²) in [7, 11) is 3.09. The highest BCUT2D eigenvalue weighted by molar-refractivity contribution is 5.87. The maximum Gasteiger partial charge on any atom is 0.408 e. The Morgan fingerprint density at radius 1 is 1.13 bits per heavy atom. The third-order valence-corrected chi connectivity index (χ3v) is 9.64. The molecule has 1 aromatic heterocycles. The maximum absolute atomic E-state index is 16.0. The van der Waals surface area contributed by atoms with Crippen molar-refractivity contribution in [3.8, 4) is 11.6 Å².